The van der Waals surface area contributed by atoms with E-state index in [0.29, 0.717) is 10.9 Å². The number of nitrogens with one attached hydrogen (secondary N) is 1. The number of rotatable bonds is 2. The molecule has 2 nitrogen and oxygen atoms in total. The third kappa shape index (κ3) is 3.66. The minimum atomic E-state index is 0. The van der Waals surface area contributed by atoms with Crippen molar-refractivity contribution in [1.82, 2.24) is 5.32 Å². The Hall–Kier alpha value is 0.560. The highest BCUT2D eigenvalue weighted by molar-refractivity contribution is 7.96. The third-order valence-electron chi connectivity index (χ3n) is 1.54. The molecular formula is C6H16ClN2S+. The average Bonchev–Trinajstić information content (AvgIpc) is 1.91. The van der Waals surface area contributed by atoms with Gasteiger partial charge in [0.2, 0.25) is 0 Å². The van der Waals surface area contributed by atoms with Crippen molar-refractivity contribution in [3.8, 4) is 0 Å². The lowest BCUT2D eigenvalue weighted by Gasteiger charge is -2.13. The summed E-state index contributed by atoms with van der Waals surface area (Å²) in [5.41, 5.74) is 5.45. The van der Waals surface area contributed by atoms with Gasteiger partial charge in [0.15, 0.2) is 0 Å². The lowest BCUT2D eigenvalue weighted by molar-refractivity contribution is 0.749. The van der Waals surface area contributed by atoms with Crippen LogP contribution < -0.4 is 11.1 Å². The van der Waals surface area contributed by atoms with Gasteiger partial charge in [0.25, 0.3) is 0 Å². The lowest BCUT2D eigenvalue weighted by atomic mass is 10.6. The quantitative estimate of drug-likeness (QED) is 0.572. The Balaban J connectivity index is 0.000000810. The number of nitrogens with two attached hydrogens (primary N) is 1. The zero-order chi connectivity index (χ0) is 6.53. The Morgan fingerprint density at radius 2 is 1.90 bits per heavy atom. The molecule has 0 bridgehead atoms. The third-order valence-corrected chi connectivity index (χ3v) is 3.92. The summed E-state index contributed by atoms with van der Waals surface area (Å²) in [5.74, 6) is 3.97. The molecule has 1 heterocycles. The van der Waals surface area contributed by atoms with Crippen LogP contribution in [0.15, 0.2) is 0 Å². The van der Waals surface area contributed by atoms with Gasteiger partial charge >= 0.3 is 0 Å². The molecule has 0 saturated carbocycles. The standard InChI is InChI=1S/C6H15N2S.ClH/c7-1-4-9-5-2-8-3-6-9;/h8H,1-7H2;1H/q+1;. The van der Waals surface area contributed by atoms with E-state index < -0.39 is 0 Å². The van der Waals surface area contributed by atoms with Gasteiger partial charge in [0.05, 0.1) is 0 Å². The van der Waals surface area contributed by atoms with E-state index in [1.54, 1.807) is 0 Å². The minimum absolute atomic E-state index is 0. The molecule has 4 heteroatoms. The fraction of sp³-hybridized carbons (Fsp3) is 1.00. The van der Waals surface area contributed by atoms with Crippen LogP contribution in [0.1, 0.15) is 0 Å². The van der Waals surface area contributed by atoms with Crippen LogP contribution in [-0.4, -0.2) is 36.9 Å². The Kier molecular flexibility index (Phi) is 6.63. The summed E-state index contributed by atoms with van der Waals surface area (Å²) in [4.78, 5) is 0. The van der Waals surface area contributed by atoms with Crippen molar-refractivity contribution in [1.29, 1.82) is 0 Å². The minimum Gasteiger partial charge on any atom is -0.326 e. The molecule has 10 heavy (non-hydrogen) atoms. The van der Waals surface area contributed by atoms with Crippen molar-refractivity contribution in [2.45, 2.75) is 0 Å². The van der Waals surface area contributed by atoms with Crippen molar-refractivity contribution in [3.63, 3.8) is 0 Å². The topological polar surface area (TPSA) is 38.0 Å². The molecule has 0 radical (unpaired) electrons. The summed E-state index contributed by atoms with van der Waals surface area (Å²) < 4.78 is 0. The molecular weight excluding hydrogens is 168 g/mol. The largest absolute Gasteiger partial charge is 0.326 e. The van der Waals surface area contributed by atoms with Crippen molar-refractivity contribution in [2.24, 2.45) is 5.73 Å². The summed E-state index contributed by atoms with van der Waals surface area (Å²) in [6.07, 6.45) is 0. The van der Waals surface area contributed by atoms with Crippen molar-refractivity contribution in [2.75, 3.05) is 36.9 Å². The maximum absolute atomic E-state index is 5.45. The molecule has 0 aromatic rings. The summed E-state index contributed by atoms with van der Waals surface area (Å²) in [5, 5.41) is 3.34. The first kappa shape index (κ1) is 10.6. The van der Waals surface area contributed by atoms with Gasteiger partial charge in [-0.25, -0.2) is 0 Å². The van der Waals surface area contributed by atoms with E-state index in [4.69, 9.17) is 5.73 Å². The highest BCUT2D eigenvalue weighted by Gasteiger charge is 2.19. The van der Waals surface area contributed by atoms with Gasteiger partial charge in [0.1, 0.15) is 17.3 Å². The van der Waals surface area contributed by atoms with Crippen LogP contribution in [-0.2, 0) is 10.9 Å². The average molecular weight is 184 g/mol. The Morgan fingerprint density at radius 1 is 1.30 bits per heavy atom. The predicted octanol–water partition coefficient (Wildman–Crippen LogP) is -0.412. The normalized spacial score (nSPS) is 20.1. The molecule has 1 saturated heterocycles. The molecule has 1 aliphatic heterocycles. The van der Waals surface area contributed by atoms with Gasteiger partial charge in [-0.3, -0.25) is 0 Å². The van der Waals surface area contributed by atoms with E-state index in [-0.39, 0.29) is 12.4 Å². The molecule has 0 aromatic heterocycles. The molecule has 3 N–H and O–H groups in total. The van der Waals surface area contributed by atoms with Gasteiger partial charge in [-0.2, -0.15) is 0 Å². The van der Waals surface area contributed by atoms with Gasteiger partial charge in [-0.1, -0.05) is 0 Å². The highest BCUT2D eigenvalue weighted by Crippen LogP contribution is 1.97. The number of hydrogen-bond acceptors (Lipinski definition) is 2. The van der Waals surface area contributed by atoms with E-state index in [2.05, 4.69) is 5.32 Å². The Labute approximate surface area is 71.7 Å². The molecule has 0 amide bonds. The first-order valence-electron chi connectivity index (χ1n) is 3.48. The summed E-state index contributed by atoms with van der Waals surface area (Å²) in [6.45, 7) is 3.30. The van der Waals surface area contributed by atoms with Gasteiger partial charge < -0.3 is 11.1 Å². The second-order valence-electron chi connectivity index (χ2n) is 2.26. The predicted molar refractivity (Wildman–Crippen MR) is 51.1 cm³/mol. The van der Waals surface area contributed by atoms with Crippen molar-refractivity contribution < 1.29 is 0 Å². The van der Waals surface area contributed by atoms with E-state index in [1.165, 1.54) is 30.3 Å². The Morgan fingerprint density at radius 3 is 2.40 bits per heavy atom. The van der Waals surface area contributed by atoms with Crippen LogP contribution in [0.5, 0.6) is 0 Å². The molecule has 0 aromatic carbocycles. The van der Waals surface area contributed by atoms with Crippen LogP contribution in [0.2, 0.25) is 0 Å². The smallest absolute Gasteiger partial charge is 0.120 e. The molecule has 0 aliphatic carbocycles. The summed E-state index contributed by atoms with van der Waals surface area (Å²) in [6, 6.07) is 0. The lowest BCUT2D eigenvalue weighted by Crippen LogP contribution is -2.38. The first-order valence-corrected chi connectivity index (χ1v) is 5.21. The van der Waals surface area contributed by atoms with Gasteiger partial charge in [-0.15, -0.1) is 12.4 Å². The van der Waals surface area contributed by atoms with E-state index in [1.807, 2.05) is 0 Å². The molecule has 1 aliphatic rings. The van der Waals surface area contributed by atoms with Crippen LogP contribution in [0.25, 0.3) is 0 Å². The zero-order valence-corrected chi connectivity index (χ0v) is 7.77. The maximum atomic E-state index is 5.45. The van der Waals surface area contributed by atoms with Crippen LogP contribution in [0.4, 0.5) is 0 Å². The van der Waals surface area contributed by atoms with Gasteiger partial charge in [-0.05, 0) is 10.9 Å². The molecule has 1 rings (SSSR count). The van der Waals surface area contributed by atoms with Crippen molar-refractivity contribution in [3.05, 3.63) is 0 Å². The van der Waals surface area contributed by atoms with E-state index >= 15 is 0 Å². The first-order chi connectivity index (χ1) is 4.43. The molecule has 1 fully saturated rings. The van der Waals surface area contributed by atoms with Crippen LogP contribution in [0, 0.1) is 0 Å². The maximum Gasteiger partial charge on any atom is 0.120 e. The zero-order valence-electron chi connectivity index (χ0n) is 6.14. The number of hydrogen-bond donors (Lipinski definition) is 2. The summed E-state index contributed by atoms with van der Waals surface area (Å²) in [7, 11) is 0.668. The molecule has 62 valence electrons. The highest BCUT2D eigenvalue weighted by atomic mass is 35.5. The van der Waals surface area contributed by atoms with Crippen LogP contribution >= 0.6 is 12.4 Å². The second-order valence-corrected chi connectivity index (χ2v) is 4.71. The van der Waals surface area contributed by atoms with Crippen molar-refractivity contribution >= 4 is 23.3 Å². The van der Waals surface area contributed by atoms with E-state index in [0.717, 1.165) is 6.54 Å². The fourth-order valence-electron chi connectivity index (χ4n) is 1.03. The van der Waals surface area contributed by atoms with Crippen LogP contribution in [0.3, 0.4) is 0 Å². The summed E-state index contributed by atoms with van der Waals surface area (Å²) >= 11 is 0. The molecule has 0 atom stereocenters. The van der Waals surface area contributed by atoms with E-state index in [9.17, 15) is 0 Å². The second kappa shape index (κ2) is 6.28. The SMILES string of the molecule is Cl.NCC[S+]1CCNCC1. The number of halogens is 1. The molecule has 0 unspecified atom stereocenters. The van der Waals surface area contributed by atoms with Gasteiger partial charge in [0, 0.05) is 19.6 Å². The fourth-order valence-corrected chi connectivity index (χ4v) is 2.84. The Bertz CT molecular complexity index is 73.4. The molecule has 0 spiro atoms. The monoisotopic (exact) mass is 183 g/mol.